The van der Waals surface area contributed by atoms with Crippen LogP contribution in [0.5, 0.6) is 5.75 Å². The van der Waals surface area contributed by atoms with Gasteiger partial charge < -0.3 is 5.11 Å². The van der Waals surface area contributed by atoms with Gasteiger partial charge in [-0.15, -0.1) is 0 Å². The predicted octanol–water partition coefficient (Wildman–Crippen LogP) is 3.57. The minimum Gasteiger partial charge on any atom is -0.507 e. The highest BCUT2D eigenvalue weighted by Crippen LogP contribution is 2.19. The first-order valence-corrected chi connectivity index (χ1v) is 6.81. The summed E-state index contributed by atoms with van der Waals surface area (Å²) >= 11 is 9.09. The molecule has 0 aromatic heterocycles. The van der Waals surface area contributed by atoms with Crippen LogP contribution in [-0.4, -0.2) is 17.2 Å². The smallest absolute Gasteiger partial charge is 0.271 e. The van der Waals surface area contributed by atoms with Crippen molar-refractivity contribution in [3.63, 3.8) is 0 Å². The lowest BCUT2D eigenvalue weighted by Crippen LogP contribution is -2.17. The molecule has 2 N–H and O–H groups in total. The molecule has 4 nitrogen and oxygen atoms in total. The predicted molar refractivity (Wildman–Crippen MR) is 82.3 cm³/mol. The number of nitrogens with one attached hydrogen (secondary N) is 1. The third-order valence-electron chi connectivity index (χ3n) is 2.45. The first kappa shape index (κ1) is 14.6. The Kier molecular flexibility index (Phi) is 4.76. The second-order valence-electron chi connectivity index (χ2n) is 3.91. The van der Waals surface area contributed by atoms with Crippen molar-refractivity contribution in [3.8, 4) is 5.75 Å². The number of hydrogen-bond acceptors (Lipinski definition) is 3. The molecule has 20 heavy (non-hydrogen) atoms. The minimum absolute atomic E-state index is 0.0369. The van der Waals surface area contributed by atoms with Crippen LogP contribution in [0.3, 0.4) is 0 Å². The fourth-order valence-electron chi connectivity index (χ4n) is 1.48. The van der Waals surface area contributed by atoms with E-state index in [1.165, 1.54) is 12.3 Å². The van der Waals surface area contributed by atoms with E-state index in [-0.39, 0.29) is 11.7 Å². The third-order valence-corrected chi connectivity index (χ3v) is 3.17. The monoisotopic (exact) mass is 352 g/mol. The molecule has 0 radical (unpaired) electrons. The van der Waals surface area contributed by atoms with Gasteiger partial charge in [0.05, 0.1) is 6.21 Å². The molecule has 0 heterocycles. The summed E-state index contributed by atoms with van der Waals surface area (Å²) in [6, 6.07) is 11.5. The van der Waals surface area contributed by atoms with Crippen molar-refractivity contribution in [1.29, 1.82) is 0 Å². The summed E-state index contributed by atoms with van der Waals surface area (Å²) in [7, 11) is 0. The van der Waals surface area contributed by atoms with Crippen molar-refractivity contribution in [2.45, 2.75) is 0 Å². The maximum absolute atomic E-state index is 11.8. The van der Waals surface area contributed by atoms with Crippen LogP contribution < -0.4 is 5.43 Å². The molecule has 0 aliphatic carbocycles. The molecule has 0 atom stereocenters. The SMILES string of the molecule is O=C(N/N=C\c1cc(Cl)ccc1O)c1cccc(Br)c1. The average Bonchev–Trinajstić information content (AvgIpc) is 2.42. The van der Waals surface area contributed by atoms with Gasteiger partial charge in [-0.2, -0.15) is 5.10 Å². The second kappa shape index (κ2) is 6.54. The van der Waals surface area contributed by atoms with Crippen LogP contribution >= 0.6 is 27.5 Å². The number of hydrazone groups is 1. The van der Waals surface area contributed by atoms with Crippen molar-refractivity contribution in [2.75, 3.05) is 0 Å². The van der Waals surface area contributed by atoms with E-state index in [1.54, 1.807) is 30.3 Å². The molecule has 0 aliphatic heterocycles. The van der Waals surface area contributed by atoms with Gasteiger partial charge in [0, 0.05) is 20.6 Å². The van der Waals surface area contributed by atoms with Gasteiger partial charge in [-0.05, 0) is 36.4 Å². The van der Waals surface area contributed by atoms with Crippen molar-refractivity contribution in [2.24, 2.45) is 5.10 Å². The van der Waals surface area contributed by atoms with Gasteiger partial charge in [-0.1, -0.05) is 33.6 Å². The van der Waals surface area contributed by atoms with E-state index in [0.29, 0.717) is 16.1 Å². The van der Waals surface area contributed by atoms with Gasteiger partial charge in [-0.3, -0.25) is 4.79 Å². The molecule has 0 spiro atoms. The Balaban J connectivity index is 2.06. The standard InChI is InChI=1S/C14H10BrClN2O2/c15-11-3-1-2-9(6-11)14(20)18-17-8-10-7-12(16)4-5-13(10)19/h1-8,19H,(H,18,20)/b17-8-. The molecule has 6 heteroatoms. The first-order chi connectivity index (χ1) is 9.56. The maximum atomic E-state index is 11.8. The lowest BCUT2D eigenvalue weighted by Gasteiger charge is -2.01. The van der Waals surface area contributed by atoms with E-state index in [2.05, 4.69) is 26.5 Å². The molecule has 2 aromatic carbocycles. The summed E-state index contributed by atoms with van der Waals surface area (Å²) in [4.78, 5) is 11.8. The third kappa shape index (κ3) is 3.82. The van der Waals surface area contributed by atoms with Crippen LogP contribution in [-0.2, 0) is 0 Å². The molecule has 0 unspecified atom stereocenters. The van der Waals surface area contributed by atoms with Crippen LogP contribution in [0.15, 0.2) is 52.0 Å². The van der Waals surface area contributed by atoms with Gasteiger partial charge in [0.1, 0.15) is 5.75 Å². The van der Waals surface area contributed by atoms with Gasteiger partial charge in [0.15, 0.2) is 0 Å². The zero-order chi connectivity index (χ0) is 14.5. The van der Waals surface area contributed by atoms with E-state index in [0.717, 1.165) is 4.47 Å². The number of hydrogen-bond donors (Lipinski definition) is 2. The summed E-state index contributed by atoms with van der Waals surface area (Å²) < 4.78 is 0.807. The zero-order valence-electron chi connectivity index (χ0n) is 10.2. The Morgan fingerprint density at radius 2 is 2.10 bits per heavy atom. The van der Waals surface area contributed by atoms with E-state index in [1.807, 2.05) is 6.07 Å². The van der Waals surface area contributed by atoms with Crippen LogP contribution in [0.4, 0.5) is 0 Å². The van der Waals surface area contributed by atoms with E-state index in [4.69, 9.17) is 11.6 Å². The Bertz CT molecular complexity index is 674. The number of nitrogens with zero attached hydrogens (tertiary/aromatic N) is 1. The normalized spacial score (nSPS) is 10.7. The number of phenolic OH excluding ortho intramolecular Hbond substituents is 1. The van der Waals surface area contributed by atoms with Crippen molar-refractivity contribution in [3.05, 3.63) is 63.1 Å². The lowest BCUT2D eigenvalue weighted by molar-refractivity contribution is 0.0955. The largest absolute Gasteiger partial charge is 0.507 e. The highest BCUT2D eigenvalue weighted by Gasteiger charge is 2.04. The summed E-state index contributed by atoms with van der Waals surface area (Å²) in [5, 5.41) is 13.9. The Morgan fingerprint density at radius 1 is 1.30 bits per heavy atom. The molecular formula is C14H10BrClN2O2. The van der Waals surface area contributed by atoms with Crippen molar-refractivity contribution >= 4 is 39.7 Å². The van der Waals surface area contributed by atoms with Crippen LogP contribution in [0.1, 0.15) is 15.9 Å². The van der Waals surface area contributed by atoms with Gasteiger partial charge >= 0.3 is 0 Å². The summed E-state index contributed by atoms with van der Waals surface area (Å²) in [6.07, 6.45) is 1.33. The molecule has 0 bridgehead atoms. The number of carbonyl (C=O) groups excluding carboxylic acids is 1. The topological polar surface area (TPSA) is 61.7 Å². The Hall–Kier alpha value is -1.85. The Labute approximate surface area is 129 Å². The lowest BCUT2D eigenvalue weighted by atomic mass is 10.2. The van der Waals surface area contributed by atoms with Gasteiger partial charge in [0.25, 0.3) is 5.91 Å². The number of benzene rings is 2. The molecule has 1 amide bonds. The molecule has 0 saturated heterocycles. The molecule has 0 aliphatic rings. The molecular weight excluding hydrogens is 344 g/mol. The number of carbonyl (C=O) groups is 1. The number of rotatable bonds is 3. The Morgan fingerprint density at radius 3 is 2.85 bits per heavy atom. The minimum atomic E-state index is -0.343. The fraction of sp³-hybridized carbons (Fsp3) is 0. The van der Waals surface area contributed by atoms with Crippen molar-refractivity contribution in [1.82, 2.24) is 5.43 Å². The molecule has 0 fully saturated rings. The van der Waals surface area contributed by atoms with Gasteiger partial charge in [-0.25, -0.2) is 5.43 Å². The average molecular weight is 354 g/mol. The van der Waals surface area contributed by atoms with Crippen molar-refractivity contribution < 1.29 is 9.90 Å². The summed E-state index contributed by atoms with van der Waals surface area (Å²) in [5.74, 6) is -0.307. The molecule has 0 saturated carbocycles. The highest BCUT2D eigenvalue weighted by atomic mass is 79.9. The second-order valence-corrected chi connectivity index (χ2v) is 5.26. The van der Waals surface area contributed by atoms with E-state index >= 15 is 0 Å². The molecule has 2 rings (SSSR count). The summed E-state index contributed by atoms with van der Waals surface area (Å²) in [6.45, 7) is 0. The maximum Gasteiger partial charge on any atom is 0.271 e. The number of phenols is 1. The first-order valence-electron chi connectivity index (χ1n) is 5.64. The van der Waals surface area contributed by atoms with Crippen LogP contribution in [0.2, 0.25) is 5.02 Å². The molecule has 2 aromatic rings. The number of amides is 1. The van der Waals surface area contributed by atoms with Crippen LogP contribution in [0.25, 0.3) is 0 Å². The van der Waals surface area contributed by atoms with E-state index < -0.39 is 0 Å². The zero-order valence-corrected chi connectivity index (χ0v) is 12.5. The van der Waals surface area contributed by atoms with E-state index in [9.17, 15) is 9.90 Å². The van der Waals surface area contributed by atoms with Crippen LogP contribution in [0, 0.1) is 0 Å². The number of halogens is 2. The number of aromatic hydroxyl groups is 1. The molecule has 102 valence electrons. The summed E-state index contributed by atoms with van der Waals surface area (Å²) in [5.41, 5.74) is 3.28. The fourth-order valence-corrected chi connectivity index (χ4v) is 2.06. The highest BCUT2D eigenvalue weighted by molar-refractivity contribution is 9.10. The quantitative estimate of drug-likeness (QED) is 0.654. The van der Waals surface area contributed by atoms with Gasteiger partial charge in [0.2, 0.25) is 0 Å².